The van der Waals surface area contributed by atoms with Gasteiger partial charge in [0.15, 0.2) is 0 Å². The predicted octanol–water partition coefficient (Wildman–Crippen LogP) is 5.70. The van der Waals surface area contributed by atoms with Gasteiger partial charge in [0, 0.05) is 24.8 Å². The third-order valence-electron chi connectivity index (χ3n) is 6.63. The molecular weight excluding hydrogens is 426 g/mol. The number of hydrogen-bond acceptors (Lipinski definition) is 4. The number of fused-ring (bicyclic) bond motifs is 2. The first-order chi connectivity index (χ1) is 16.3. The minimum Gasteiger partial charge on any atom is -0.444 e. The predicted molar refractivity (Wildman–Crippen MR) is 132 cm³/mol. The Labute approximate surface area is 200 Å². The van der Waals surface area contributed by atoms with Crippen LogP contribution in [0.15, 0.2) is 72.9 Å². The van der Waals surface area contributed by atoms with Gasteiger partial charge in [-0.3, -0.25) is 9.69 Å². The molecule has 3 aromatic rings. The van der Waals surface area contributed by atoms with Crippen molar-refractivity contribution in [3.63, 3.8) is 0 Å². The smallest absolute Gasteiger partial charge is 0.410 e. The number of rotatable bonds is 2. The molecule has 2 aliphatic heterocycles. The van der Waals surface area contributed by atoms with Crippen LogP contribution in [0.3, 0.4) is 0 Å². The largest absolute Gasteiger partial charge is 0.444 e. The van der Waals surface area contributed by atoms with Gasteiger partial charge in [-0.25, -0.2) is 9.78 Å². The maximum Gasteiger partial charge on any atom is 0.410 e. The van der Waals surface area contributed by atoms with Crippen LogP contribution in [0.2, 0.25) is 0 Å². The molecule has 0 aliphatic carbocycles. The molecule has 1 saturated heterocycles. The average Bonchev–Trinajstić information content (AvgIpc) is 3.07. The molecular formula is C28H29N3O3. The quantitative estimate of drug-likeness (QED) is 0.498. The fraction of sp³-hybridized carbons (Fsp3) is 0.321. The van der Waals surface area contributed by atoms with Gasteiger partial charge < -0.3 is 9.64 Å². The van der Waals surface area contributed by atoms with E-state index in [0.717, 1.165) is 22.4 Å². The molecule has 1 fully saturated rings. The van der Waals surface area contributed by atoms with E-state index in [1.165, 1.54) is 0 Å². The van der Waals surface area contributed by atoms with E-state index in [9.17, 15) is 9.59 Å². The molecule has 5 rings (SSSR count). The van der Waals surface area contributed by atoms with E-state index in [4.69, 9.17) is 4.74 Å². The number of benzene rings is 2. The van der Waals surface area contributed by atoms with Gasteiger partial charge in [0.1, 0.15) is 11.4 Å². The van der Waals surface area contributed by atoms with E-state index < -0.39 is 11.0 Å². The van der Waals surface area contributed by atoms with Crippen molar-refractivity contribution in [3.05, 3.63) is 78.5 Å². The molecule has 0 atom stereocenters. The molecule has 2 aromatic carbocycles. The SMILES string of the molecule is CC(C)(C)OC(=O)N1CCC2(CC1)C(=O)N(c1ccc(-c3ccccc3)cc1)c1ncccc12. The zero-order valence-electron chi connectivity index (χ0n) is 19.8. The van der Waals surface area contributed by atoms with Crippen molar-refractivity contribution in [3.8, 4) is 11.1 Å². The number of nitrogens with zero attached hydrogens (tertiary/aromatic N) is 3. The van der Waals surface area contributed by atoms with Crippen LogP contribution >= 0.6 is 0 Å². The Hall–Kier alpha value is -3.67. The summed E-state index contributed by atoms with van der Waals surface area (Å²) in [6.45, 7) is 6.52. The van der Waals surface area contributed by atoms with E-state index in [2.05, 4.69) is 17.1 Å². The fourth-order valence-corrected chi connectivity index (χ4v) is 4.93. The average molecular weight is 456 g/mol. The highest BCUT2D eigenvalue weighted by atomic mass is 16.6. The number of amides is 2. The van der Waals surface area contributed by atoms with Crippen molar-refractivity contribution in [2.75, 3.05) is 18.0 Å². The summed E-state index contributed by atoms with van der Waals surface area (Å²) >= 11 is 0. The summed E-state index contributed by atoms with van der Waals surface area (Å²) in [7, 11) is 0. The number of carbonyl (C=O) groups is 2. The molecule has 6 nitrogen and oxygen atoms in total. The Morgan fingerprint density at radius 1 is 0.912 bits per heavy atom. The van der Waals surface area contributed by atoms with E-state index in [1.807, 2.05) is 75.4 Å². The lowest BCUT2D eigenvalue weighted by Crippen LogP contribution is -2.50. The van der Waals surface area contributed by atoms with Gasteiger partial charge >= 0.3 is 6.09 Å². The normalized spacial score (nSPS) is 17.1. The number of aromatic nitrogens is 1. The van der Waals surface area contributed by atoms with Gasteiger partial charge in [0.2, 0.25) is 5.91 Å². The Kier molecular flexibility index (Phi) is 5.39. The molecule has 0 saturated carbocycles. The van der Waals surface area contributed by atoms with Crippen LogP contribution in [-0.2, 0) is 14.9 Å². The molecule has 1 aromatic heterocycles. The molecule has 2 aliphatic rings. The van der Waals surface area contributed by atoms with Crippen LogP contribution in [0.25, 0.3) is 11.1 Å². The van der Waals surface area contributed by atoms with Gasteiger partial charge in [-0.2, -0.15) is 0 Å². The number of likely N-dealkylation sites (tertiary alicyclic amines) is 1. The topological polar surface area (TPSA) is 62.7 Å². The summed E-state index contributed by atoms with van der Waals surface area (Å²) in [5.74, 6) is 0.711. The number of anilines is 2. The lowest BCUT2D eigenvalue weighted by molar-refractivity contribution is -0.124. The maximum atomic E-state index is 14.0. The lowest BCUT2D eigenvalue weighted by atomic mass is 9.74. The number of hydrogen-bond donors (Lipinski definition) is 0. The van der Waals surface area contributed by atoms with Crippen LogP contribution in [0.4, 0.5) is 16.3 Å². The second kappa shape index (κ2) is 8.28. The van der Waals surface area contributed by atoms with Gasteiger partial charge in [-0.1, -0.05) is 48.5 Å². The molecule has 174 valence electrons. The number of piperidine rings is 1. The molecule has 0 N–H and O–H groups in total. The Bertz CT molecular complexity index is 1210. The van der Waals surface area contributed by atoms with E-state index in [-0.39, 0.29) is 12.0 Å². The monoisotopic (exact) mass is 455 g/mol. The van der Waals surface area contributed by atoms with Gasteiger partial charge in [0.05, 0.1) is 11.1 Å². The summed E-state index contributed by atoms with van der Waals surface area (Å²) < 4.78 is 5.54. The van der Waals surface area contributed by atoms with Gasteiger partial charge in [-0.15, -0.1) is 0 Å². The summed E-state index contributed by atoms with van der Waals surface area (Å²) in [6.07, 6.45) is 2.49. The van der Waals surface area contributed by atoms with E-state index in [1.54, 1.807) is 16.0 Å². The van der Waals surface area contributed by atoms with Crippen molar-refractivity contribution < 1.29 is 14.3 Å². The standard InChI is InChI=1S/C28H29N3O3/c1-27(2,3)34-26(33)30-18-15-28(16-19-30)23-10-7-17-29-24(23)31(25(28)32)22-13-11-21(12-14-22)20-8-5-4-6-9-20/h4-14,17H,15-16,18-19H2,1-3H3. The fourth-order valence-electron chi connectivity index (χ4n) is 4.93. The third-order valence-corrected chi connectivity index (χ3v) is 6.63. The highest BCUT2D eigenvalue weighted by molar-refractivity contribution is 6.12. The lowest BCUT2D eigenvalue weighted by Gasteiger charge is -2.38. The molecule has 6 heteroatoms. The summed E-state index contributed by atoms with van der Waals surface area (Å²) in [5.41, 5.74) is 2.74. The Morgan fingerprint density at radius 3 is 2.21 bits per heavy atom. The van der Waals surface area contributed by atoms with Gasteiger partial charge in [-0.05, 0) is 62.9 Å². The summed E-state index contributed by atoms with van der Waals surface area (Å²) in [4.78, 5) is 34.6. The minimum atomic E-state index is -0.680. The highest BCUT2D eigenvalue weighted by Crippen LogP contribution is 2.49. The Morgan fingerprint density at radius 2 is 1.56 bits per heavy atom. The van der Waals surface area contributed by atoms with Crippen LogP contribution in [-0.4, -0.2) is 40.6 Å². The van der Waals surface area contributed by atoms with Crippen molar-refractivity contribution >= 4 is 23.5 Å². The van der Waals surface area contributed by atoms with Crippen molar-refractivity contribution in [2.45, 2.75) is 44.6 Å². The number of ether oxygens (including phenoxy) is 1. The molecule has 1 spiro atoms. The van der Waals surface area contributed by atoms with Gasteiger partial charge in [0.25, 0.3) is 0 Å². The first-order valence-corrected chi connectivity index (χ1v) is 11.7. The summed E-state index contributed by atoms with van der Waals surface area (Å²) in [5, 5.41) is 0. The first-order valence-electron chi connectivity index (χ1n) is 11.7. The molecule has 2 amide bonds. The highest BCUT2D eigenvalue weighted by Gasteiger charge is 2.53. The molecule has 0 radical (unpaired) electrons. The van der Waals surface area contributed by atoms with E-state index in [0.29, 0.717) is 31.7 Å². The first kappa shape index (κ1) is 22.1. The van der Waals surface area contributed by atoms with Crippen molar-refractivity contribution in [1.82, 2.24) is 9.88 Å². The maximum absolute atomic E-state index is 14.0. The van der Waals surface area contributed by atoms with Crippen molar-refractivity contribution in [2.24, 2.45) is 0 Å². The zero-order chi connectivity index (χ0) is 23.9. The molecule has 0 unspecified atom stereocenters. The zero-order valence-corrected chi connectivity index (χ0v) is 19.8. The van der Waals surface area contributed by atoms with Crippen LogP contribution < -0.4 is 4.90 Å². The molecule has 0 bridgehead atoms. The molecule has 3 heterocycles. The Balaban J connectivity index is 1.42. The minimum absolute atomic E-state index is 0.0255. The van der Waals surface area contributed by atoms with Crippen LogP contribution in [0.5, 0.6) is 0 Å². The van der Waals surface area contributed by atoms with Crippen LogP contribution in [0.1, 0.15) is 39.2 Å². The molecule has 34 heavy (non-hydrogen) atoms. The number of carbonyl (C=O) groups excluding carboxylic acids is 2. The van der Waals surface area contributed by atoms with Crippen molar-refractivity contribution in [1.29, 1.82) is 0 Å². The second-order valence-electron chi connectivity index (χ2n) is 9.98. The van der Waals surface area contributed by atoms with E-state index >= 15 is 0 Å². The third kappa shape index (κ3) is 3.83. The summed E-state index contributed by atoms with van der Waals surface area (Å²) in [6, 6.07) is 22.1. The number of pyridine rings is 1. The second-order valence-corrected chi connectivity index (χ2v) is 9.98. The van der Waals surface area contributed by atoms with Crippen LogP contribution in [0, 0.1) is 0 Å².